The maximum Gasteiger partial charge on any atom is 0.225 e. The topological polar surface area (TPSA) is 23.6 Å². The predicted molar refractivity (Wildman–Crippen MR) is 58.1 cm³/mol. The van der Waals surface area contributed by atoms with Crippen LogP contribution in [0.25, 0.3) is 0 Å². The molecule has 14 heavy (non-hydrogen) atoms. The van der Waals surface area contributed by atoms with Gasteiger partial charge in [0.15, 0.2) is 0 Å². The Morgan fingerprint density at radius 3 is 2.29 bits per heavy atom. The molecule has 1 fully saturated rings. The third-order valence-electron chi connectivity index (χ3n) is 2.91. The number of carbonyl (C=O) groups excluding carboxylic acids is 1. The molecular weight excluding hydrogens is 176 g/mol. The van der Waals surface area contributed by atoms with Gasteiger partial charge < -0.3 is 9.80 Å². The Morgan fingerprint density at radius 1 is 1.21 bits per heavy atom. The van der Waals surface area contributed by atoms with Crippen LogP contribution in [0, 0.1) is 5.92 Å². The van der Waals surface area contributed by atoms with E-state index in [9.17, 15) is 4.79 Å². The fourth-order valence-electron chi connectivity index (χ4n) is 1.46. The van der Waals surface area contributed by atoms with Gasteiger partial charge in [-0.15, -0.1) is 0 Å². The van der Waals surface area contributed by atoms with Gasteiger partial charge in [0, 0.05) is 25.6 Å². The molecule has 0 spiro atoms. The predicted octanol–water partition coefficient (Wildman–Crippen LogP) is 1.20. The Morgan fingerprint density at radius 2 is 1.86 bits per heavy atom. The van der Waals surface area contributed by atoms with Crippen molar-refractivity contribution in [3.8, 4) is 0 Å². The van der Waals surface area contributed by atoms with Crippen LogP contribution in [0.3, 0.4) is 0 Å². The molecule has 0 heterocycles. The van der Waals surface area contributed by atoms with E-state index < -0.39 is 0 Å². The Bertz CT molecular complexity index is 190. The van der Waals surface area contributed by atoms with Crippen LogP contribution in [0.2, 0.25) is 0 Å². The van der Waals surface area contributed by atoms with Crippen molar-refractivity contribution in [3.05, 3.63) is 0 Å². The van der Waals surface area contributed by atoms with Crippen LogP contribution in [0.5, 0.6) is 0 Å². The third-order valence-corrected chi connectivity index (χ3v) is 2.91. The molecule has 0 N–H and O–H groups in total. The Balaban J connectivity index is 2.26. The summed E-state index contributed by atoms with van der Waals surface area (Å²) in [6.45, 7) is 7.98. The van der Waals surface area contributed by atoms with Crippen LogP contribution in [0.4, 0.5) is 0 Å². The molecule has 1 aliphatic carbocycles. The quantitative estimate of drug-likeness (QED) is 0.640. The Hall–Kier alpha value is -0.570. The maximum absolute atomic E-state index is 11.7. The summed E-state index contributed by atoms with van der Waals surface area (Å²) in [4.78, 5) is 16.0. The van der Waals surface area contributed by atoms with Gasteiger partial charge in [0.1, 0.15) is 0 Å². The van der Waals surface area contributed by atoms with E-state index in [1.807, 2.05) is 4.90 Å². The van der Waals surface area contributed by atoms with Crippen molar-refractivity contribution in [3.63, 3.8) is 0 Å². The molecule has 0 aliphatic heterocycles. The standard InChI is InChI=1S/C11H22N2O/c1-4-12(3)8-9-13(5-2)11(14)10-6-7-10/h10H,4-9H2,1-3H3. The van der Waals surface area contributed by atoms with E-state index in [-0.39, 0.29) is 0 Å². The molecule has 1 aliphatic rings. The number of hydrogen-bond donors (Lipinski definition) is 0. The second kappa shape index (κ2) is 5.35. The third kappa shape index (κ3) is 3.29. The lowest BCUT2D eigenvalue weighted by atomic mass is 10.3. The van der Waals surface area contributed by atoms with E-state index in [1.54, 1.807) is 0 Å². The highest BCUT2D eigenvalue weighted by molar-refractivity contribution is 5.80. The minimum absolute atomic E-state index is 0.363. The van der Waals surface area contributed by atoms with E-state index in [4.69, 9.17) is 0 Å². The van der Waals surface area contributed by atoms with Gasteiger partial charge in [0.25, 0.3) is 0 Å². The average Bonchev–Trinajstić information content (AvgIpc) is 3.01. The Kier molecular flexibility index (Phi) is 4.39. The molecule has 0 atom stereocenters. The molecule has 1 saturated carbocycles. The highest BCUT2D eigenvalue weighted by Crippen LogP contribution is 2.30. The zero-order chi connectivity index (χ0) is 10.6. The molecule has 0 aromatic carbocycles. The lowest BCUT2D eigenvalue weighted by Crippen LogP contribution is -2.38. The first-order chi connectivity index (χ1) is 6.69. The SMILES string of the molecule is CCN(C)CCN(CC)C(=O)C1CC1. The summed E-state index contributed by atoms with van der Waals surface area (Å²) < 4.78 is 0. The van der Waals surface area contributed by atoms with Crippen molar-refractivity contribution in [1.82, 2.24) is 9.80 Å². The number of amides is 1. The lowest BCUT2D eigenvalue weighted by Gasteiger charge is -2.23. The second-order valence-corrected chi connectivity index (χ2v) is 4.09. The number of hydrogen-bond acceptors (Lipinski definition) is 2. The minimum Gasteiger partial charge on any atom is -0.341 e. The van der Waals surface area contributed by atoms with Crippen LogP contribution >= 0.6 is 0 Å². The van der Waals surface area contributed by atoms with Gasteiger partial charge in [0.05, 0.1) is 0 Å². The summed E-state index contributed by atoms with van der Waals surface area (Å²) in [6, 6.07) is 0. The van der Waals surface area contributed by atoms with E-state index in [2.05, 4.69) is 25.8 Å². The monoisotopic (exact) mass is 198 g/mol. The summed E-state index contributed by atoms with van der Waals surface area (Å²) >= 11 is 0. The summed E-state index contributed by atoms with van der Waals surface area (Å²) in [5.74, 6) is 0.735. The van der Waals surface area contributed by atoms with Crippen molar-refractivity contribution in [1.29, 1.82) is 0 Å². The van der Waals surface area contributed by atoms with Crippen molar-refractivity contribution >= 4 is 5.91 Å². The fraction of sp³-hybridized carbons (Fsp3) is 0.909. The van der Waals surface area contributed by atoms with Gasteiger partial charge in [-0.2, -0.15) is 0 Å². The van der Waals surface area contributed by atoms with Crippen molar-refractivity contribution in [2.45, 2.75) is 26.7 Å². The molecule has 0 radical (unpaired) electrons. The van der Waals surface area contributed by atoms with Crippen LogP contribution in [-0.2, 0) is 4.79 Å². The molecule has 0 bridgehead atoms. The molecule has 1 amide bonds. The van der Waals surface area contributed by atoms with Crippen LogP contribution < -0.4 is 0 Å². The Labute approximate surface area is 87.1 Å². The van der Waals surface area contributed by atoms with E-state index in [0.717, 1.165) is 39.0 Å². The van der Waals surface area contributed by atoms with Gasteiger partial charge in [0.2, 0.25) is 5.91 Å². The summed E-state index contributed by atoms with van der Waals surface area (Å²) in [7, 11) is 2.09. The van der Waals surface area contributed by atoms with Crippen molar-refractivity contribution < 1.29 is 4.79 Å². The second-order valence-electron chi connectivity index (χ2n) is 4.09. The fourth-order valence-corrected chi connectivity index (χ4v) is 1.46. The first-order valence-corrected chi connectivity index (χ1v) is 5.66. The normalized spacial score (nSPS) is 16.0. The molecule has 3 nitrogen and oxygen atoms in total. The largest absolute Gasteiger partial charge is 0.341 e. The molecule has 3 heteroatoms. The number of carbonyl (C=O) groups is 1. The van der Waals surface area contributed by atoms with Gasteiger partial charge in [-0.05, 0) is 33.4 Å². The van der Waals surface area contributed by atoms with E-state index in [1.165, 1.54) is 0 Å². The lowest BCUT2D eigenvalue weighted by molar-refractivity contribution is -0.132. The van der Waals surface area contributed by atoms with Gasteiger partial charge in [-0.3, -0.25) is 4.79 Å². The zero-order valence-corrected chi connectivity index (χ0v) is 9.62. The van der Waals surface area contributed by atoms with Crippen molar-refractivity contribution in [2.75, 3.05) is 33.2 Å². The van der Waals surface area contributed by atoms with Crippen molar-refractivity contribution in [2.24, 2.45) is 5.92 Å². The highest BCUT2D eigenvalue weighted by Gasteiger charge is 2.32. The van der Waals surface area contributed by atoms with Crippen LogP contribution in [0.1, 0.15) is 26.7 Å². The molecule has 0 aromatic rings. The zero-order valence-electron chi connectivity index (χ0n) is 9.62. The van der Waals surface area contributed by atoms with Crippen LogP contribution in [-0.4, -0.2) is 48.9 Å². The van der Waals surface area contributed by atoms with Gasteiger partial charge in [-0.25, -0.2) is 0 Å². The number of rotatable bonds is 6. The number of likely N-dealkylation sites (N-methyl/N-ethyl adjacent to an activating group) is 2. The summed E-state index contributed by atoms with van der Waals surface area (Å²) in [5.41, 5.74) is 0. The maximum atomic E-state index is 11.7. The summed E-state index contributed by atoms with van der Waals surface area (Å²) in [5, 5.41) is 0. The van der Waals surface area contributed by atoms with E-state index in [0.29, 0.717) is 11.8 Å². The van der Waals surface area contributed by atoms with Gasteiger partial charge >= 0.3 is 0 Å². The molecule has 0 saturated heterocycles. The van der Waals surface area contributed by atoms with Gasteiger partial charge in [-0.1, -0.05) is 6.92 Å². The van der Waals surface area contributed by atoms with Crippen LogP contribution in [0.15, 0.2) is 0 Å². The molecule has 1 rings (SSSR count). The first-order valence-electron chi connectivity index (χ1n) is 5.66. The van der Waals surface area contributed by atoms with E-state index >= 15 is 0 Å². The molecule has 0 unspecified atom stereocenters. The number of nitrogens with zero attached hydrogens (tertiary/aromatic N) is 2. The molecule has 82 valence electrons. The molecular formula is C11H22N2O. The minimum atomic E-state index is 0.363. The average molecular weight is 198 g/mol. The smallest absolute Gasteiger partial charge is 0.225 e. The first kappa shape index (κ1) is 11.5. The molecule has 0 aromatic heterocycles. The summed E-state index contributed by atoms with van der Waals surface area (Å²) in [6.07, 6.45) is 2.22. The highest BCUT2D eigenvalue weighted by atomic mass is 16.2.